The topological polar surface area (TPSA) is 84.7 Å². The summed E-state index contributed by atoms with van der Waals surface area (Å²) in [6, 6.07) is 14.0. The number of aromatic nitrogens is 1. The molecule has 0 bridgehead atoms. The highest BCUT2D eigenvalue weighted by molar-refractivity contribution is 5.96. The molecule has 2 amide bonds. The van der Waals surface area contributed by atoms with Crippen LogP contribution in [-0.4, -0.2) is 30.1 Å². The van der Waals surface area contributed by atoms with Crippen molar-refractivity contribution in [1.29, 1.82) is 0 Å². The number of carbonyl (C=O) groups is 2. The molecule has 1 saturated heterocycles. The quantitative estimate of drug-likeness (QED) is 0.740. The van der Waals surface area contributed by atoms with Crippen LogP contribution < -0.4 is 10.2 Å². The van der Waals surface area contributed by atoms with E-state index in [0.29, 0.717) is 35.8 Å². The van der Waals surface area contributed by atoms with Gasteiger partial charge in [-0.15, -0.1) is 0 Å². The van der Waals surface area contributed by atoms with Gasteiger partial charge in [0.05, 0.1) is 5.56 Å². The molecule has 0 aliphatic carbocycles. The summed E-state index contributed by atoms with van der Waals surface area (Å²) < 4.78 is 10.8. The van der Waals surface area contributed by atoms with Crippen molar-refractivity contribution >= 4 is 28.8 Å². The minimum atomic E-state index is -0.497. The van der Waals surface area contributed by atoms with Crippen LogP contribution in [0.1, 0.15) is 16.2 Å². The lowest BCUT2D eigenvalue weighted by Crippen LogP contribution is -2.27. The van der Waals surface area contributed by atoms with E-state index in [1.165, 1.54) is 0 Å². The van der Waals surface area contributed by atoms with Crippen molar-refractivity contribution in [3.8, 4) is 0 Å². The third-order valence-corrected chi connectivity index (χ3v) is 3.92. The monoisotopic (exact) mass is 337 g/mol. The van der Waals surface area contributed by atoms with Crippen molar-refractivity contribution in [2.75, 3.05) is 18.0 Å². The standard InChI is InChI=1S/C18H15N3O4/c22-17(24-11-16-20-14-6-1-2-7-15(14)25-16)12-4-3-5-13(10-12)21-9-8-19-18(21)23/h1-7,10H,8-9,11H2,(H,19,23). The SMILES string of the molecule is O=C(OCc1nc2ccccc2o1)c1cccc(N2CCNC2=O)c1. The molecule has 2 heterocycles. The Kier molecular flexibility index (Phi) is 3.81. The lowest BCUT2D eigenvalue weighted by Gasteiger charge is -2.14. The predicted molar refractivity (Wildman–Crippen MR) is 90.3 cm³/mol. The van der Waals surface area contributed by atoms with E-state index in [4.69, 9.17) is 9.15 Å². The number of hydrogen-bond donors (Lipinski definition) is 1. The van der Waals surface area contributed by atoms with E-state index < -0.39 is 5.97 Å². The van der Waals surface area contributed by atoms with Crippen LogP contribution in [0.25, 0.3) is 11.1 Å². The van der Waals surface area contributed by atoms with Crippen molar-refractivity contribution in [3.63, 3.8) is 0 Å². The van der Waals surface area contributed by atoms with Gasteiger partial charge in [-0.3, -0.25) is 4.90 Å². The molecule has 1 fully saturated rings. The fourth-order valence-electron chi connectivity index (χ4n) is 2.71. The number of fused-ring (bicyclic) bond motifs is 1. The molecule has 0 spiro atoms. The van der Waals surface area contributed by atoms with Crippen LogP contribution in [0.4, 0.5) is 10.5 Å². The first-order chi connectivity index (χ1) is 12.2. The summed E-state index contributed by atoms with van der Waals surface area (Å²) >= 11 is 0. The first-order valence-corrected chi connectivity index (χ1v) is 7.88. The van der Waals surface area contributed by atoms with Crippen LogP contribution in [0.3, 0.4) is 0 Å². The molecule has 126 valence electrons. The molecule has 1 N–H and O–H groups in total. The number of oxazole rings is 1. The highest BCUT2D eigenvalue weighted by atomic mass is 16.5. The molecular weight excluding hydrogens is 322 g/mol. The van der Waals surface area contributed by atoms with Gasteiger partial charge in [0.25, 0.3) is 0 Å². The number of rotatable bonds is 4. The van der Waals surface area contributed by atoms with E-state index in [9.17, 15) is 9.59 Å². The van der Waals surface area contributed by atoms with E-state index in [0.717, 1.165) is 5.52 Å². The van der Waals surface area contributed by atoms with Crippen molar-refractivity contribution in [3.05, 3.63) is 60.0 Å². The number of amides is 2. The normalized spacial score (nSPS) is 13.9. The summed E-state index contributed by atoms with van der Waals surface area (Å²) in [6.07, 6.45) is 0. The van der Waals surface area contributed by atoms with Gasteiger partial charge in [-0.25, -0.2) is 14.6 Å². The molecule has 7 heteroatoms. The highest BCUT2D eigenvalue weighted by Gasteiger charge is 2.22. The number of esters is 1. The third kappa shape index (κ3) is 3.03. The summed E-state index contributed by atoms with van der Waals surface area (Å²) in [5.41, 5.74) is 2.39. The van der Waals surface area contributed by atoms with Crippen LogP contribution in [0.2, 0.25) is 0 Å². The summed E-state index contributed by atoms with van der Waals surface area (Å²) in [5.74, 6) is -0.159. The number of ether oxygens (including phenoxy) is 1. The van der Waals surface area contributed by atoms with Gasteiger partial charge in [0.15, 0.2) is 12.2 Å². The molecule has 0 unspecified atom stereocenters. The molecule has 1 aromatic heterocycles. The van der Waals surface area contributed by atoms with E-state index in [-0.39, 0.29) is 12.6 Å². The molecule has 7 nitrogen and oxygen atoms in total. The largest absolute Gasteiger partial charge is 0.452 e. The van der Waals surface area contributed by atoms with Crippen LogP contribution in [0.15, 0.2) is 52.9 Å². The Balaban J connectivity index is 1.46. The third-order valence-electron chi connectivity index (χ3n) is 3.92. The Morgan fingerprint density at radius 1 is 1.24 bits per heavy atom. The summed E-state index contributed by atoms with van der Waals surface area (Å²) in [5, 5.41) is 2.73. The van der Waals surface area contributed by atoms with Gasteiger partial charge in [-0.05, 0) is 30.3 Å². The van der Waals surface area contributed by atoms with Gasteiger partial charge >= 0.3 is 12.0 Å². The number of hydrogen-bond acceptors (Lipinski definition) is 5. The van der Waals surface area contributed by atoms with Crippen molar-refractivity contribution in [2.24, 2.45) is 0 Å². The average molecular weight is 337 g/mol. The van der Waals surface area contributed by atoms with Crippen LogP contribution in [0.5, 0.6) is 0 Å². The second kappa shape index (κ2) is 6.27. The van der Waals surface area contributed by atoms with E-state index in [1.54, 1.807) is 35.2 Å². The molecule has 1 aliphatic rings. The zero-order valence-corrected chi connectivity index (χ0v) is 13.3. The lowest BCUT2D eigenvalue weighted by atomic mass is 10.2. The summed E-state index contributed by atoms with van der Waals surface area (Å²) in [4.78, 5) is 29.8. The van der Waals surface area contributed by atoms with Gasteiger partial charge in [-0.2, -0.15) is 0 Å². The molecule has 4 rings (SSSR count). The van der Waals surface area contributed by atoms with Gasteiger partial charge in [0.1, 0.15) is 5.52 Å². The summed E-state index contributed by atoms with van der Waals surface area (Å²) in [7, 11) is 0. The number of benzene rings is 2. The lowest BCUT2D eigenvalue weighted by molar-refractivity contribution is 0.0440. The predicted octanol–water partition coefficient (Wildman–Crippen LogP) is 2.71. The number of nitrogens with one attached hydrogen (secondary N) is 1. The van der Waals surface area contributed by atoms with Crippen LogP contribution in [0, 0.1) is 0 Å². The Morgan fingerprint density at radius 3 is 2.92 bits per heavy atom. The Hall–Kier alpha value is -3.35. The smallest absolute Gasteiger partial charge is 0.338 e. The maximum atomic E-state index is 12.3. The van der Waals surface area contributed by atoms with Gasteiger partial charge in [0, 0.05) is 18.8 Å². The molecule has 25 heavy (non-hydrogen) atoms. The van der Waals surface area contributed by atoms with Crippen LogP contribution >= 0.6 is 0 Å². The molecule has 0 atom stereocenters. The van der Waals surface area contributed by atoms with Crippen LogP contribution in [-0.2, 0) is 11.3 Å². The Morgan fingerprint density at radius 2 is 2.12 bits per heavy atom. The van der Waals surface area contributed by atoms with Gasteiger partial charge in [0.2, 0.25) is 5.89 Å². The van der Waals surface area contributed by atoms with E-state index >= 15 is 0 Å². The summed E-state index contributed by atoms with van der Waals surface area (Å²) in [6.45, 7) is 1.10. The Labute approximate surface area is 143 Å². The van der Waals surface area contributed by atoms with Gasteiger partial charge < -0.3 is 14.5 Å². The number of carbonyl (C=O) groups excluding carboxylic acids is 2. The molecular formula is C18H15N3O4. The second-order valence-electron chi connectivity index (χ2n) is 5.59. The molecule has 0 radical (unpaired) electrons. The zero-order valence-electron chi connectivity index (χ0n) is 13.3. The second-order valence-corrected chi connectivity index (χ2v) is 5.59. The fraction of sp³-hybridized carbons (Fsp3) is 0.167. The first kappa shape index (κ1) is 15.2. The average Bonchev–Trinajstić information content (AvgIpc) is 3.25. The zero-order chi connectivity index (χ0) is 17.2. The number of para-hydroxylation sites is 2. The molecule has 2 aromatic carbocycles. The fourth-order valence-corrected chi connectivity index (χ4v) is 2.71. The first-order valence-electron chi connectivity index (χ1n) is 7.88. The van der Waals surface area contributed by atoms with E-state index in [2.05, 4.69) is 10.3 Å². The maximum Gasteiger partial charge on any atom is 0.338 e. The molecule has 1 aliphatic heterocycles. The van der Waals surface area contributed by atoms with Crippen molar-refractivity contribution < 1.29 is 18.7 Å². The number of nitrogens with zero attached hydrogens (tertiary/aromatic N) is 2. The highest BCUT2D eigenvalue weighted by Crippen LogP contribution is 2.20. The minimum absolute atomic E-state index is 0.0536. The van der Waals surface area contributed by atoms with E-state index in [1.807, 2.05) is 18.2 Å². The van der Waals surface area contributed by atoms with Crippen molar-refractivity contribution in [2.45, 2.75) is 6.61 Å². The Bertz CT molecular complexity index is 917. The molecule has 0 saturated carbocycles. The van der Waals surface area contributed by atoms with Crippen molar-refractivity contribution in [1.82, 2.24) is 10.3 Å². The number of anilines is 1. The maximum absolute atomic E-state index is 12.3. The van der Waals surface area contributed by atoms with Gasteiger partial charge in [-0.1, -0.05) is 18.2 Å². The minimum Gasteiger partial charge on any atom is -0.452 e. The molecule has 3 aromatic rings. The number of urea groups is 1.